The van der Waals surface area contributed by atoms with Crippen LogP contribution in [0.1, 0.15) is 11.1 Å². The number of benzene rings is 2. The van der Waals surface area contributed by atoms with E-state index in [0.717, 1.165) is 22.9 Å². The van der Waals surface area contributed by atoms with E-state index >= 15 is 0 Å². The van der Waals surface area contributed by atoms with Crippen molar-refractivity contribution in [3.8, 4) is 5.75 Å². The van der Waals surface area contributed by atoms with E-state index in [0.29, 0.717) is 13.5 Å². The SMILES string of the molecule is O=C1SC(=Cc2ccc(O)c(I)c2)C(=O)N1Cc1ccccc1Cl. The molecule has 2 aromatic rings. The summed E-state index contributed by atoms with van der Waals surface area (Å²) in [4.78, 5) is 26.2. The third-order valence-corrected chi connectivity index (χ3v) is 5.57. The summed E-state index contributed by atoms with van der Waals surface area (Å²) in [5.41, 5.74) is 1.47. The smallest absolute Gasteiger partial charge is 0.293 e. The first kappa shape index (κ1) is 17.3. The van der Waals surface area contributed by atoms with Crippen molar-refractivity contribution in [3.05, 3.63) is 67.1 Å². The summed E-state index contributed by atoms with van der Waals surface area (Å²) in [7, 11) is 0. The van der Waals surface area contributed by atoms with Crippen molar-refractivity contribution >= 4 is 63.2 Å². The highest BCUT2D eigenvalue weighted by atomic mass is 127. The zero-order valence-electron chi connectivity index (χ0n) is 12.2. The van der Waals surface area contributed by atoms with Crippen molar-refractivity contribution in [1.29, 1.82) is 0 Å². The molecule has 0 bridgehead atoms. The second-order valence-corrected chi connectivity index (χ2v) is 7.63. The number of imide groups is 1. The zero-order chi connectivity index (χ0) is 17.3. The molecular weight excluding hydrogens is 461 g/mol. The molecule has 2 aromatic carbocycles. The second-order valence-electron chi connectivity index (χ2n) is 5.07. The van der Waals surface area contributed by atoms with Crippen LogP contribution in [0.5, 0.6) is 5.75 Å². The Morgan fingerprint density at radius 1 is 1.21 bits per heavy atom. The van der Waals surface area contributed by atoms with Gasteiger partial charge < -0.3 is 5.11 Å². The maximum absolute atomic E-state index is 12.5. The molecule has 1 heterocycles. The number of thioether (sulfide) groups is 1. The number of halogens is 2. The zero-order valence-corrected chi connectivity index (χ0v) is 15.9. The third-order valence-electron chi connectivity index (χ3n) is 3.43. The number of nitrogens with zero attached hydrogens (tertiary/aromatic N) is 1. The number of carbonyl (C=O) groups excluding carboxylic acids is 2. The molecule has 1 N–H and O–H groups in total. The lowest BCUT2D eigenvalue weighted by atomic mass is 10.2. The van der Waals surface area contributed by atoms with Crippen LogP contribution in [0.15, 0.2) is 47.4 Å². The Hall–Kier alpha value is -1.51. The Kier molecular flexibility index (Phi) is 5.17. The van der Waals surface area contributed by atoms with Crippen molar-refractivity contribution in [2.24, 2.45) is 0 Å². The number of amides is 2. The highest BCUT2D eigenvalue weighted by molar-refractivity contribution is 14.1. The largest absolute Gasteiger partial charge is 0.507 e. The van der Waals surface area contributed by atoms with E-state index in [9.17, 15) is 14.7 Å². The van der Waals surface area contributed by atoms with Gasteiger partial charge >= 0.3 is 0 Å². The van der Waals surface area contributed by atoms with E-state index in [2.05, 4.69) is 0 Å². The standard InChI is InChI=1S/C17H11ClINO3S/c18-12-4-2-1-3-11(12)9-20-16(22)15(24-17(20)23)8-10-5-6-14(21)13(19)7-10/h1-8,21H,9H2. The molecule has 24 heavy (non-hydrogen) atoms. The Labute approximate surface area is 161 Å². The lowest BCUT2D eigenvalue weighted by molar-refractivity contribution is -0.123. The molecule has 2 amide bonds. The second kappa shape index (κ2) is 7.16. The molecular formula is C17H11ClINO3S. The number of hydrogen-bond acceptors (Lipinski definition) is 4. The highest BCUT2D eigenvalue weighted by Crippen LogP contribution is 2.34. The van der Waals surface area contributed by atoms with Crippen molar-refractivity contribution in [3.63, 3.8) is 0 Å². The van der Waals surface area contributed by atoms with Crippen molar-refractivity contribution < 1.29 is 14.7 Å². The van der Waals surface area contributed by atoms with Gasteiger partial charge in [-0.25, -0.2) is 0 Å². The van der Waals surface area contributed by atoms with Gasteiger partial charge in [-0.05, 0) is 69.8 Å². The molecule has 0 atom stereocenters. The van der Waals surface area contributed by atoms with Gasteiger partial charge in [-0.3, -0.25) is 14.5 Å². The summed E-state index contributed by atoms with van der Waals surface area (Å²) in [5, 5.41) is 9.76. The molecule has 122 valence electrons. The highest BCUT2D eigenvalue weighted by Gasteiger charge is 2.35. The summed E-state index contributed by atoms with van der Waals surface area (Å²) >= 11 is 9.01. The molecule has 1 saturated heterocycles. The minimum absolute atomic E-state index is 0.148. The van der Waals surface area contributed by atoms with E-state index in [-0.39, 0.29) is 23.4 Å². The van der Waals surface area contributed by atoms with Gasteiger partial charge in [0.1, 0.15) is 5.75 Å². The normalized spacial score (nSPS) is 16.2. The van der Waals surface area contributed by atoms with E-state index < -0.39 is 0 Å². The van der Waals surface area contributed by atoms with Gasteiger partial charge in [-0.15, -0.1) is 0 Å². The predicted octanol–water partition coefficient (Wildman–Crippen LogP) is 4.89. The molecule has 1 fully saturated rings. The number of rotatable bonds is 3. The number of phenols is 1. The quantitative estimate of drug-likeness (QED) is 0.512. The third kappa shape index (κ3) is 3.60. The molecule has 0 aromatic heterocycles. The monoisotopic (exact) mass is 471 g/mol. The summed E-state index contributed by atoms with van der Waals surface area (Å²) in [5.74, 6) is -0.160. The molecule has 1 aliphatic rings. The van der Waals surface area contributed by atoms with Gasteiger partial charge in [0.25, 0.3) is 11.1 Å². The van der Waals surface area contributed by atoms with Gasteiger partial charge in [-0.2, -0.15) is 0 Å². The van der Waals surface area contributed by atoms with Gasteiger partial charge in [0, 0.05) is 5.02 Å². The maximum Gasteiger partial charge on any atom is 0.293 e. The summed E-state index contributed by atoms with van der Waals surface area (Å²) in [6.07, 6.45) is 1.65. The predicted molar refractivity (Wildman–Crippen MR) is 104 cm³/mol. The van der Waals surface area contributed by atoms with E-state index in [1.54, 1.807) is 42.5 Å². The molecule has 0 spiro atoms. The maximum atomic E-state index is 12.5. The van der Waals surface area contributed by atoms with Crippen LogP contribution in [-0.4, -0.2) is 21.2 Å². The lowest BCUT2D eigenvalue weighted by Gasteiger charge is -2.13. The Balaban J connectivity index is 1.84. The lowest BCUT2D eigenvalue weighted by Crippen LogP contribution is -2.27. The Morgan fingerprint density at radius 3 is 2.67 bits per heavy atom. The average molecular weight is 472 g/mol. The molecule has 1 aliphatic heterocycles. The van der Waals surface area contributed by atoms with Crippen molar-refractivity contribution in [1.82, 2.24) is 4.90 Å². The van der Waals surface area contributed by atoms with Crippen LogP contribution < -0.4 is 0 Å². The fraction of sp³-hybridized carbons (Fsp3) is 0.0588. The number of phenolic OH excluding ortho intramolecular Hbond substituents is 1. The van der Waals surface area contributed by atoms with E-state index in [1.807, 2.05) is 28.7 Å². The molecule has 4 nitrogen and oxygen atoms in total. The average Bonchev–Trinajstić information content (AvgIpc) is 2.80. The summed E-state index contributed by atoms with van der Waals surface area (Å²) in [6.45, 7) is 0.148. The first-order valence-electron chi connectivity index (χ1n) is 6.93. The summed E-state index contributed by atoms with van der Waals surface area (Å²) in [6, 6.07) is 12.1. The van der Waals surface area contributed by atoms with Gasteiger partial charge in [0.2, 0.25) is 0 Å². The summed E-state index contributed by atoms with van der Waals surface area (Å²) < 4.78 is 0.677. The number of carbonyl (C=O) groups is 2. The molecule has 0 aliphatic carbocycles. The fourth-order valence-corrected chi connectivity index (χ4v) is 3.77. The Bertz CT molecular complexity index is 869. The van der Waals surface area contributed by atoms with Gasteiger partial charge in [-0.1, -0.05) is 35.9 Å². The molecule has 0 saturated carbocycles. The van der Waals surface area contributed by atoms with Crippen LogP contribution in [0, 0.1) is 3.57 Å². The first-order chi connectivity index (χ1) is 11.5. The van der Waals surface area contributed by atoms with Gasteiger partial charge in [0.15, 0.2) is 0 Å². The topological polar surface area (TPSA) is 57.6 Å². The molecule has 0 radical (unpaired) electrons. The first-order valence-corrected chi connectivity index (χ1v) is 9.20. The van der Waals surface area contributed by atoms with Gasteiger partial charge in [0.05, 0.1) is 15.0 Å². The number of hydrogen-bond donors (Lipinski definition) is 1. The van der Waals surface area contributed by atoms with Crippen LogP contribution in [-0.2, 0) is 11.3 Å². The fourth-order valence-electron chi connectivity index (χ4n) is 2.20. The van der Waals surface area contributed by atoms with Crippen LogP contribution in [0.2, 0.25) is 5.02 Å². The van der Waals surface area contributed by atoms with Crippen LogP contribution in [0.4, 0.5) is 4.79 Å². The number of aromatic hydroxyl groups is 1. The van der Waals surface area contributed by atoms with Crippen LogP contribution >= 0.6 is 46.0 Å². The van der Waals surface area contributed by atoms with Crippen molar-refractivity contribution in [2.45, 2.75) is 6.54 Å². The van der Waals surface area contributed by atoms with Crippen molar-refractivity contribution in [2.75, 3.05) is 0 Å². The molecule has 7 heteroatoms. The van der Waals surface area contributed by atoms with E-state index in [1.165, 1.54) is 4.90 Å². The minimum Gasteiger partial charge on any atom is -0.507 e. The molecule has 0 unspecified atom stereocenters. The van der Waals surface area contributed by atoms with Crippen LogP contribution in [0.3, 0.4) is 0 Å². The Morgan fingerprint density at radius 2 is 1.96 bits per heavy atom. The molecule has 3 rings (SSSR count). The van der Waals surface area contributed by atoms with Crippen LogP contribution in [0.25, 0.3) is 6.08 Å². The minimum atomic E-state index is -0.340. The van der Waals surface area contributed by atoms with E-state index in [4.69, 9.17) is 11.6 Å².